The number of rotatable bonds is 6. The van der Waals surface area contributed by atoms with Gasteiger partial charge in [-0.25, -0.2) is 0 Å². The molecule has 23 heavy (non-hydrogen) atoms. The smallest absolute Gasteiger partial charge is 0.109 e. The number of benzene rings is 1. The number of aliphatic hydroxyl groups excluding tert-OH is 4. The average molecular weight is 340 g/mol. The Bertz CT molecular complexity index is 485. The fourth-order valence-electron chi connectivity index (χ4n) is 3.39. The van der Waals surface area contributed by atoms with Crippen molar-refractivity contribution in [3.63, 3.8) is 0 Å². The molecule has 5 nitrogen and oxygen atoms in total. The maximum atomic E-state index is 10.0. The largest absolute Gasteiger partial charge is 0.395 e. The minimum Gasteiger partial charge on any atom is -0.395 e. The Balaban J connectivity index is 1.92. The molecule has 1 aromatic rings. The summed E-state index contributed by atoms with van der Waals surface area (Å²) in [6.07, 6.45) is -2.31. The number of aliphatic hydroxyl groups is 4. The van der Waals surface area contributed by atoms with Gasteiger partial charge in [0, 0.05) is 6.54 Å². The van der Waals surface area contributed by atoms with E-state index >= 15 is 0 Å². The normalized spacial score (nSPS) is 29.7. The lowest BCUT2D eigenvalue weighted by Crippen LogP contribution is -2.62. The quantitative estimate of drug-likeness (QED) is 0.537. The van der Waals surface area contributed by atoms with Crippen molar-refractivity contribution in [2.75, 3.05) is 19.7 Å². The first-order chi connectivity index (χ1) is 10.9. The summed E-state index contributed by atoms with van der Waals surface area (Å²) in [7, 11) is -1.51. The zero-order valence-corrected chi connectivity index (χ0v) is 15.0. The minimum absolute atomic E-state index is 0.218. The van der Waals surface area contributed by atoms with Crippen LogP contribution in [0.3, 0.4) is 0 Å². The zero-order valence-electron chi connectivity index (χ0n) is 14.0. The van der Waals surface area contributed by atoms with E-state index in [1.165, 1.54) is 5.19 Å². The molecule has 1 saturated heterocycles. The summed E-state index contributed by atoms with van der Waals surface area (Å²) in [6.45, 7) is 5.46. The molecule has 4 atom stereocenters. The van der Waals surface area contributed by atoms with E-state index in [1.54, 1.807) is 0 Å². The van der Waals surface area contributed by atoms with Crippen molar-refractivity contribution in [2.45, 2.75) is 49.9 Å². The molecule has 1 aliphatic heterocycles. The van der Waals surface area contributed by atoms with Crippen LogP contribution in [-0.2, 0) is 0 Å². The van der Waals surface area contributed by atoms with Gasteiger partial charge in [-0.3, -0.25) is 4.90 Å². The number of nitrogens with zero attached hydrogens (tertiary/aromatic N) is 1. The number of likely N-dealkylation sites (tertiary alicyclic amines) is 1. The third-order valence-electron chi connectivity index (χ3n) is 5.02. The second-order valence-corrected chi connectivity index (χ2v) is 12.0. The summed E-state index contributed by atoms with van der Waals surface area (Å²) in [5.74, 6) is 0. The van der Waals surface area contributed by atoms with Crippen molar-refractivity contribution in [2.24, 2.45) is 0 Å². The molecular formula is C17H29NO4Si. The standard InChI is InChI=1S/C17H29NO4Si/c1-23(2,13-7-4-3-5-8-13)10-6-9-18-11-15(20)17(22)16(21)14(18)12-19/h3-5,7-8,14-17,19-22H,6,9-12H2,1-2H3/t14-,15+,16-,17-/m1/s1. The Kier molecular flexibility index (Phi) is 6.36. The monoisotopic (exact) mass is 339 g/mol. The molecule has 1 aromatic carbocycles. The fourth-order valence-corrected chi connectivity index (χ4v) is 5.82. The van der Waals surface area contributed by atoms with Gasteiger partial charge in [-0.1, -0.05) is 54.7 Å². The van der Waals surface area contributed by atoms with Crippen LogP contribution in [0.15, 0.2) is 30.3 Å². The molecule has 1 aliphatic rings. The molecular weight excluding hydrogens is 310 g/mol. The summed E-state index contributed by atoms with van der Waals surface area (Å²) in [5, 5.41) is 40.5. The maximum absolute atomic E-state index is 10.0. The van der Waals surface area contributed by atoms with Gasteiger partial charge in [0.05, 0.1) is 26.8 Å². The van der Waals surface area contributed by atoms with Gasteiger partial charge in [0.1, 0.15) is 12.2 Å². The topological polar surface area (TPSA) is 84.2 Å². The Morgan fingerprint density at radius 3 is 2.35 bits per heavy atom. The van der Waals surface area contributed by atoms with Gasteiger partial charge in [0.25, 0.3) is 0 Å². The fraction of sp³-hybridized carbons (Fsp3) is 0.647. The lowest BCUT2D eigenvalue weighted by molar-refractivity contribution is -0.144. The Morgan fingerprint density at radius 1 is 1.09 bits per heavy atom. The SMILES string of the molecule is C[Si](C)(CCCN1C[C@H](O)[C@@H](O)[C@H](O)[C@H]1CO)c1ccccc1. The lowest BCUT2D eigenvalue weighted by Gasteiger charge is -2.43. The van der Waals surface area contributed by atoms with Crippen molar-refractivity contribution in [1.29, 1.82) is 0 Å². The zero-order chi connectivity index (χ0) is 17.0. The molecule has 0 spiro atoms. The molecule has 0 bridgehead atoms. The van der Waals surface area contributed by atoms with Crippen LogP contribution in [0.4, 0.5) is 0 Å². The van der Waals surface area contributed by atoms with Crippen molar-refractivity contribution >= 4 is 13.3 Å². The summed E-state index contributed by atoms with van der Waals surface area (Å²) in [4.78, 5) is 1.90. The minimum atomic E-state index is -1.51. The van der Waals surface area contributed by atoms with E-state index in [1.807, 2.05) is 11.0 Å². The van der Waals surface area contributed by atoms with E-state index in [9.17, 15) is 20.4 Å². The van der Waals surface area contributed by atoms with Crippen molar-refractivity contribution < 1.29 is 20.4 Å². The van der Waals surface area contributed by atoms with Gasteiger partial charge in [0.15, 0.2) is 0 Å². The van der Waals surface area contributed by atoms with Gasteiger partial charge < -0.3 is 20.4 Å². The van der Waals surface area contributed by atoms with Crippen LogP contribution in [0.5, 0.6) is 0 Å². The molecule has 0 saturated carbocycles. The molecule has 0 radical (unpaired) electrons. The molecule has 0 aromatic heterocycles. The van der Waals surface area contributed by atoms with Crippen molar-refractivity contribution in [3.05, 3.63) is 30.3 Å². The summed E-state index contributed by atoms with van der Waals surface area (Å²) < 4.78 is 0. The van der Waals surface area contributed by atoms with E-state index in [0.29, 0.717) is 6.54 Å². The van der Waals surface area contributed by atoms with Crippen LogP contribution in [0, 0.1) is 0 Å². The first-order valence-corrected chi connectivity index (χ1v) is 11.5. The summed E-state index contributed by atoms with van der Waals surface area (Å²) >= 11 is 0. The van der Waals surface area contributed by atoms with E-state index < -0.39 is 32.4 Å². The number of β-amino-alcohol motifs (C(OH)–C–C–N with tert-alkyl or cyclic N) is 1. The first kappa shape index (κ1) is 18.6. The van der Waals surface area contributed by atoms with Crippen LogP contribution in [-0.4, -0.2) is 77.5 Å². The van der Waals surface area contributed by atoms with E-state index in [0.717, 1.165) is 12.5 Å². The highest BCUT2D eigenvalue weighted by Gasteiger charge is 2.40. The predicted octanol–water partition coefficient (Wildman–Crippen LogP) is -0.249. The van der Waals surface area contributed by atoms with Crippen LogP contribution >= 0.6 is 0 Å². The highest BCUT2D eigenvalue weighted by Crippen LogP contribution is 2.21. The molecule has 1 fully saturated rings. The number of piperidine rings is 1. The lowest BCUT2D eigenvalue weighted by atomic mass is 9.94. The summed E-state index contributed by atoms with van der Waals surface area (Å²) in [5.41, 5.74) is 0. The molecule has 2 rings (SSSR count). The number of hydrogen-bond donors (Lipinski definition) is 4. The Morgan fingerprint density at radius 2 is 1.74 bits per heavy atom. The van der Waals surface area contributed by atoms with E-state index in [-0.39, 0.29) is 13.2 Å². The van der Waals surface area contributed by atoms with Crippen LogP contribution in [0.2, 0.25) is 19.1 Å². The highest BCUT2D eigenvalue weighted by atomic mass is 28.3. The second kappa shape index (κ2) is 7.87. The predicted molar refractivity (Wildman–Crippen MR) is 93.4 cm³/mol. The average Bonchev–Trinajstić information content (AvgIpc) is 2.54. The highest BCUT2D eigenvalue weighted by molar-refractivity contribution is 6.89. The molecule has 0 unspecified atom stereocenters. The maximum Gasteiger partial charge on any atom is 0.109 e. The Labute approximate surface area is 139 Å². The van der Waals surface area contributed by atoms with Crippen LogP contribution < -0.4 is 5.19 Å². The van der Waals surface area contributed by atoms with Gasteiger partial charge in [0.2, 0.25) is 0 Å². The molecule has 4 N–H and O–H groups in total. The van der Waals surface area contributed by atoms with Crippen LogP contribution in [0.25, 0.3) is 0 Å². The molecule has 0 aliphatic carbocycles. The second-order valence-electron chi connectivity index (χ2n) is 7.15. The molecule has 130 valence electrons. The van der Waals surface area contributed by atoms with E-state index in [4.69, 9.17) is 0 Å². The van der Waals surface area contributed by atoms with Gasteiger partial charge in [-0.15, -0.1) is 0 Å². The van der Waals surface area contributed by atoms with Gasteiger partial charge in [-0.2, -0.15) is 0 Å². The first-order valence-electron chi connectivity index (χ1n) is 8.31. The third kappa shape index (κ3) is 4.41. The van der Waals surface area contributed by atoms with E-state index in [2.05, 4.69) is 37.4 Å². The van der Waals surface area contributed by atoms with Crippen LogP contribution in [0.1, 0.15) is 6.42 Å². The van der Waals surface area contributed by atoms with Gasteiger partial charge in [-0.05, 0) is 13.0 Å². The van der Waals surface area contributed by atoms with Crippen molar-refractivity contribution in [1.82, 2.24) is 4.90 Å². The number of hydrogen-bond acceptors (Lipinski definition) is 5. The molecule has 0 amide bonds. The Hall–Kier alpha value is -0.763. The third-order valence-corrected chi connectivity index (χ3v) is 8.52. The summed E-state index contributed by atoms with van der Waals surface area (Å²) in [6, 6.07) is 11.1. The van der Waals surface area contributed by atoms with Gasteiger partial charge >= 0.3 is 0 Å². The molecule has 6 heteroatoms. The molecule has 1 heterocycles. The van der Waals surface area contributed by atoms with Crippen molar-refractivity contribution in [3.8, 4) is 0 Å².